The van der Waals surface area contributed by atoms with Gasteiger partial charge < -0.3 is 4.90 Å². The summed E-state index contributed by atoms with van der Waals surface area (Å²) in [6.07, 6.45) is 2.31. The van der Waals surface area contributed by atoms with Crippen molar-refractivity contribution >= 4 is 5.91 Å². The molecule has 1 amide bonds. The van der Waals surface area contributed by atoms with Crippen molar-refractivity contribution < 1.29 is 13.6 Å². The first-order valence-corrected chi connectivity index (χ1v) is 7.16. The maximum absolute atomic E-state index is 13.1. The second-order valence-corrected chi connectivity index (χ2v) is 6.06. The lowest BCUT2D eigenvalue weighted by Crippen LogP contribution is -2.53. The number of amides is 1. The first-order chi connectivity index (χ1) is 9.03. The molecule has 1 N–H and O–H groups in total. The van der Waals surface area contributed by atoms with Crippen LogP contribution in [0, 0.1) is 5.92 Å². The summed E-state index contributed by atoms with van der Waals surface area (Å²) in [6.45, 7) is 3.88. The molecule has 3 fully saturated rings. The first-order valence-electron chi connectivity index (χ1n) is 7.16. The number of carbonyl (C=O) groups excluding carboxylic acids is 1. The second-order valence-electron chi connectivity index (χ2n) is 6.06. The van der Waals surface area contributed by atoms with Crippen LogP contribution in [0.4, 0.5) is 8.78 Å². The third-order valence-corrected chi connectivity index (χ3v) is 4.31. The fraction of sp³-hybridized carbons (Fsp3) is 0.923. The van der Waals surface area contributed by atoms with Crippen LogP contribution in [0.25, 0.3) is 0 Å². The van der Waals surface area contributed by atoms with E-state index in [4.69, 9.17) is 0 Å². The van der Waals surface area contributed by atoms with E-state index in [1.807, 2.05) is 0 Å². The van der Waals surface area contributed by atoms with Crippen LogP contribution in [0.15, 0.2) is 0 Å². The van der Waals surface area contributed by atoms with Crippen LogP contribution >= 0.6 is 0 Å². The van der Waals surface area contributed by atoms with Crippen LogP contribution in [-0.4, -0.2) is 66.9 Å². The second kappa shape index (κ2) is 4.98. The summed E-state index contributed by atoms with van der Waals surface area (Å²) in [4.78, 5) is 16.3. The Bertz CT molecular complexity index is 352. The molecule has 1 unspecified atom stereocenters. The van der Waals surface area contributed by atoms with Gasteiger partial charge in [0.1, 0.15) is 0 Å². The fourth-order valence-corrected chi connectivity index (χ4v) is 2.93. The van der Waals surface area contributed by atoms with Crippen molar-refractivity contribution in [2.24, 2.45) is 5.92 Å². The summed E-state index contributed by atoms with van der Waals surface area (Å²) >= 11 is 0. The zero-order valence-corrected chi connectivity index (χ0v) is 11.1. The van der Waals surface area contributed by atoms with Crippen molar-refractivity contribution in [1.29, 1.82) is 0 Å². The molecule has 19 heavy (non-hydrogen) atoms. The van der Waals surface area contributed by atoms with Gasteiger partial charge in [0.05, 0.1) is 12.6 Å². The van der Waals surface area contributed by atoms with Crippen molar-refractivity contribution in [3.63, 3.8) is 0 Å². The lowest BCUT2D eigenvalue weighted by molar-refractivity contribution is -0.135. The van der Waals surface area contributed by atoms with Crippen LogP contribution in [0.1, 0.15) is 19.3 Å². The summed E-state index contributed by atoms with van der Waals surface area (Å²) in [5.41, 5.74) is 0. The molecule has 2 saturated heterocycles. The molecule has 4 nitrogen and oxygen atoms in total. The third-order valence-electron chi connectivity index (χ3n) is 4.31. The number of rotatable bonds is 3. The Hall–Kier alpha value is -0.750. The molecule has 3 rings (SSSR count). The van der Waals surface area contributed by atoms with Crippen molar-refractivity contribution in [1.82, 2.24) is 15.1 Å². The third kappa shape index (κ3) is 3.23. The summed E-state index contributed by atoms with van der Waals surface area (Å²) in [5, 5.41) is 2.64. The highest BCUT2D eigenvalue weighted by Crippen LogP contribution is 2.30. The Balaban J connectivity index is 1.46. The van der Waals surface area contributed by atoms with E-state index in [2.05, 4.69) is 10.2 Å². The van der Waals surface area contributed by atoms with Crippen LogP contribution in [0.2, 0.25) is 0 Å². The van der Waals surface area contributed by atoms with Crippen molar-refractivity contribution in [2.75, 3.05) is 39.3 Å². The smallest absolute Gasteiger partial charge is 0.262 e. The van der Waals surface area contributed by atoms with Crippen LogP contribution in [0.3, 0.4) is 0 Å². The number of piperazine rings is 1. The Labute approximate surface area is 112 Å². The standard InChI is InChI=1S/C13H21F2N3O/c14-13(15)7-11(16-9-13)12(19)18-5-3-17(4-6-18)8-10-1-2-10/h10-11,16H,1-9H2. The summed E-state index contributed by atoms with van der Waals surface area (Å²) in [7, 11) is 0. The Morgan fingerprint density at radius 2 is 1.89 bits per heavy atom. The molecule has 2 heterocycles. The molecule has 1 atom stereocenters. The van der Waals surface area contributed by atoms with E-state index in [1.165, 1.54) is 12.8 Å². The monoisotopic (exact) mass is 273 g/mol. The zero-order chi connectivity index (χ0) is 13.5. The number of nitrogens with zero attached hydrogens (tertiary/aromatic N) is 2. The predicted octanol–water partition coefficient (Wildman–Crippen LogP) is 0.538. The minimum absolute atomic E-state index is 0.150. The van der Waals surface area contributed by atoms with Gasteiger partial charge in [-0.2, -0.15) is 0 Å². The average molecular weight is 273 g/mol. The Morgan fingerprint density at radius 3 is 2.42 bits per heavy atom. The Kier molecular flexibility index (Phi) is 3.47. The molecular weight excluding hydrogens is 252 g/mol. The molecule has 1 saturated carbocycles. The van der Waals surface area contributed by atoms with E-state index >= 15 is 0 Å². The van der Waals surface area contributed by atoms with Crippen molar-refractivity contribution in [2.45, 2.75) is 31.2 Å². The van der Waals surface area contributed by atoms with Crippen LogP contribution < -0.4 is 5.32 Å². The molecule has 2 aliphatic heterocycles. The molecular formula is C13H21F2N3O. The molecule has 0 spiro atoms. The van der Waals surface area contributed by atoms with E-state index in [9.17, 15) is 13.6 Å². The molecule has 3 aliphatic rings. The number of nitrogens with one attached hydrogen (secondary N) is 1. The highest BCUT2D eigenvalue weighted by molar-refractivity contribution is 5.82. The lowest BCUT2D eigenvalue weighted by atomic mass is 10.1. The molecule has 6 heteroatoms. The summed E-state index contributed by atoms with van der Waals surface area (Å²) in [5.74, 6) is -2.02. The molecule has 0 aromatic carbocycles. The van der Waals surface area contributed by atoms with E-state index in [0.717, 1.165) is 25.6 Å². The average Bonchev–Trinajstić information content (AvgIpc) is 3.11. The van der Waals surface area contributed by atoms with Crippen LogP contribution in [-0.2, 0) is 4.79 Å². The van der Waals surface area contributed by atoms with Gasteiger partial charge in [0, 0.05) is 39.1 Å². The van der Waals surface area contributed by atoms with Crippen LogP contribution in [0.5, 0.6) is 0 Å². The highest BCUT2D eigenvalue weighted by Gasteiger charge is 2.43. The highest BCUT2D eigenvalue weighted by atomic mass is 19.3. The molecule has 0 bridgehead atoms. The van der Waals surface area contributed by atoms with E-state index in [-0.39, 0.29) is 18.9 Å². The summed E-state index contributed by atoms with van der Waals surface area (Å²) in [6, 6.07) is -0.690. The normalized spacial score (nSPS) is 31.7. The van der Waals surface area contributed by atoms with E-state index in [0.29, 0.717) is 13.1 Å². The van der Waals surface area contributed by atoms with Gasteiger partial charge in [0.25, 0.3) is 5.92 Å². The van der Waals surface area contributed by atoms with Gasteiger partial charge >= 0.3 is 0 Å². The van der Waals surface area contributed by atoms with E-state index in [1.54, 1.807) is 4.90 Å². The first kappa shape index (κ1) is 13.2. The lowest BCUT2D eigenvalue weighted by Gasteiger charge is -2.36. The van der Waals surface area contributed by atoms with Gasteiger partial charge in [-0.1, -0.05) is 0 Å². The number of alkyl halides is 2. The predicted molar refractivity (Wildman–Crippen MR) is 67.1 cm³/mol. The van der Waals surface area contributed by atoms with Crippen molar-refractivity contribution in [3.05, 3.63) is 0 Å². The maximum Gasteiger partial charge on any atom is 0.262 e. The molecule has 1 aliphatic carbocycles. The molecule has 108 valence electrons. The number of carbonyl (C=O) groups is 1. The van der Waals surface area contributed by atoms with Gasteiger partial charge in [-0.3, -0.25) is 15.0 Å². The fourth-order valence-electron chi connectivity index (χ4n) is 2.93. The molecule has 0 aromatic heterocycles. The molecule has 0 aromatic rings. The van der Waals surface area contributed by atoms with Gasteiger partial charge in [-0.15, -0.1) is 0 Å². The molecule has 0 radical (unpaired) electrons. The van der Waals surface area contributed by atoms with Crippen molar-refractivity contribution in [3.8, 4) is 0 Å². The maximum atomic E-state index is 13.1. The summed E-state index contributed by atoms with van der Waals surface area (Å²) < 4.78 is 26.2. The largest absolute Gasteiger partial charge is 0.339 e. The van der Waals surface area contributed by atoms with E-state index < -0.39 is 12.0 Å². The minimum Gasteiger partial charge on any atom is -0.339 e. The van der Waals surface area contributed by atoms with Gasteiger partial charge in [-0.25, -0.2) is 8.78 Å². The SMILES string of the molecule is O=C(C1CC(F)(F)CN1)N1CCN(CC2CC2)CC1. The van der Waals surface area contributed by atoms with Gasteiger partial charge in [0.15, 0.2) is 0 Å². The minimum atomic E-state index is -2.73. The zero-order valence-electron chi connectivity index (χ0n) is 11.1. The van der Waals surface area contributed by atoms with Gasteiger partial charge in [-0.05, 0) is 18.8 Å². The topological polar surface area (TPSA) is 35.6 Å². The number of hydrogen-bond acceptors (Lipinski definition) is 3. The Morgan fingerprint density at radius 1 is 1.21 bits per heavy atom. The van der Waals surface area contributed by atoms with Gasteiger partial charge in [0.2, 0.25) is 5.91 Å². The number of halogens is 2. The quantitative estimate of drug-likeness (QED) is 0.815. The number of hydrogen-bond donors (Lipinski definition) is 1.